The lowest BCUT2D eigenvalue weighted by atomic mass is 9.77. The van der Waals surface area contributed by atoms with Crippen LogP contribution in [0.2, 0.25) is 0 Å². The number of hydrogen-bond acceptors (Lipinski definition) is 6. The molecular formula is C18H21N3O4S2. The number of imidazole rings is 1. The minimum absolute atomic E-state index is 0.0506. The number of hydrogen-bond donors (Lipinski definition) is 2. The van der Waals surface area contributed by atoms with Gasteiger partial charge in [-0.25, -0.2) is 9.78 Å². The van der Waals surface area contributed by atoms with Gasteiger partial charge in [-0.3, -0.25) is 9.20 Å². The first-order valence-electron chi connectivity index (χ1n) is 8.95. The van der Waals surface area contributed by atoms with Crippen molar-refractivity contribution in [3.05, 3.63) is 23.1 Å². The van der Waals surface area contributed by atoms with E-state index in [0.717, 1.165) is 26.9 Å². The van der Waals surface area contributed by atoms with Crippen LogP contribution in [0.25, 0.3) is 10.4 Å². The number of aliphatic carboxylic acids is 1. The quantitative estimate of drug-likeness (QED) is 0.564. The van der Waals surface area contributed by atoms with Gasteiger partial charge in [-0.05, 0) is 19.1 Å². The molecule has 0 unspecified atom stereocenters. The van der Waals surface area contributed by atoms with Crippen molar-refractivity contribution in [3.8, 4) is 0 Å². The van der Waals surface area contributed by atoms with E-state index in [2.05, 4.69) is 11.9 Å². The Balaban J connectivity index is 1.78. The monoisotopic (exact) mass is 407 g/mol. The number of carbonyl (C=O) groups is 2. The molecule has 0 radical (unpaired) electrons. The maximum atomic E-state index is 12.5. The number of amides is 1. The van der Waals surface area contributed by atoms with E-state index in [1.165, 1.54) is 16.2 Å². The summed E-state index contributed by atoms with van der Waals surface area (Å²) in [7, 11) is 0. The standard InChI is InChI=1S/C18H21N3O4S2/c1-4-5-26-15-17-20(7-19-15)6-10(27-17)11-8(2)13-12(9(3)22)16(23)21(13)14(11)18(24)25/h6-9,12-13,22H,4-5H2,1-3H3,(H,24,25)/t8-,9+,12+,13+/m0/s1. The van der Waals surface area contributed by atoms with Crippen LogP contribution in [-0.4, -0.2) is 54.3 Å². The van der Waals surface area contributed by atoms with Crippen molar-refractivity contribution in [1.82, 2.24) is 14.3 Å². The molecule has 1 amide bonds. The molecule has 7 nitrogen and oxygen atoms in total. The molecule has 2 N–H and O–H groups in total. The molecule has 0 aliphatic carbocycles. The van der Waals surface area contributed by atoms with Crippen molar-refractivity contribution >= 4 is 45.4 Å². The van der Waals surface area contributed by atoms with Crippen LogP contribution in [0.3, 0.4) is 0 Å². The summed E-state index contributed by atoms with van der Waals surface area (Å²) in [6, 6.07) is -0.299. The molecule has 4 heterocycles. The number of aliphatic hydroxyl groups is 1. The van der Waals surface area contributed by atoms with Crippen molar-refractivity contribution in [1.29, 1.82) is 0 Å². The Morgan fingerprint density at radius 3 is 2.85 bits per heavy atom. The Kier molecular flexibility index (Phi) is 4.56. The first kappa shape index (κ1) is 18.5. The van der Waals surface area contributed by atoms with Gasteiger partial charge in [0.05, 0.1) is 22.9 Å². The number of carboxylic acid groups (broad SMARTS) is 1. The topological polar surface area (TPSA) is 95.1 Å². The van der Waals surface area contributed by atoms with Gasteiger partial charge in [0.15, 0.2) is 0 Å². The number of carbonyl (C=O) groups excluding carboxylic acids is 1. The summed E-state index contributed by atoms with van der Waals surface area (Å²) >= 11 is 3.19. The molecule has 144 valence electrons. The van der Waals surface area contributed by atoms with Crippen LogP contribution in [0.1, 0.15) is 32.1 Å². The number of thioether (sulfide) groups is 1. The fourth-order valence-electron chi connectivity index (χ4n) is 4.09. The number of rotatable bonds is 6. The van der Waals surface area contributed by atoms with Gasteiger partial charge in [0, 0.05) is 17.7 Å². The summed E-state index contributed by atoms with van der Waals surface area (Å²) < 4.78 is 1.92. The second kappa shape index (κ2) is 6.65. The van der Waals surface area contributed by atoms with Crippen LogP contribution in [0.5, 0.6) is 0 Å². The minimum Gasteiger partial charge on any atom is -0.477 e. The number of aromatic nitrogens is 2. The molecule has 9 heteroatoms. The SMILES string of the molecule is CCCSc1ncn2cc(C3=C(C(=O)O)N4C(=O)[C@H]([C@@H](C)O)[C@H]4[C@H]3C)sc12. The maximum absolute atomic E-state index is 12.5. The van der Waals surface area contributed by atoms with Crippen LogP contribution in [-0.2, 0) is 9.59 Å². The maximum Gasteiger partial charge on any atom is 0.352 e. The van der Waals surface area contributed by atoms with Gasteiger partial charge >= 0.3 is 5.97 Å². The molecule has 4 atom stereocenters. The smallest absolute Gasteiger partial charge is 0.352 e. The summed E-state index contributed by atoms with van der Waals surface area (Å²) in [5, 5.41) is 20.7. The predicted molar refractivity (Wildman–Crippen MR) is 104 cm³/mol. The molecule has 0 bridgehead atoms. The molecule has 0 aromatic carbocycles. The van der Waals surface area contributed by atoms with Crippen LogP contribution in [0.4, 0.5) is 0 Å². The van der Waals surface area contributed by atoms with Crippen molar-refractivity contribution in [2.24, 2.45) is 11.8 Å². The third-order valence-electron chi connectivity index (χ3n) is 5.26. The Hall–Kier alpha value is -1.84. The summed E-state index contributed by atoms with van der Waals surface area (Å²) in [6.45, 7) is 5.64. The van der Waals surface area contributed by atoms with E-state index in [9.17, 15) is 19.8 Å². The highest BCUT2D eigenvalue weighted by molar-refractivity contribution is 7.99. The minimum atomic E-state index is -1.10. The molecule has 27 heavy (non-hydrogen) atoms. The zero-order valence-electron chi connectivity index (χ0n) is 15.2. The Labute approximate surface area is 164 Å². The molecule has 1 fully saturated rings. The number of carboxylic acids is 1. The molecule has 2 aromatic heterocycles. The molecule has 2 aliphatic rings. The van der Waals surface area contributed by atoms with Gasteiger partial charge in [-0.1, -0.05) is 13.8 Å². The van der Waals surface area contributed by atoms with Crippen LogP contribution in [0.15, 0.2) is 23.2 Å². The van der Waals surface area contributed by atoms with Crippen molar-refractivity contribution in [2.45, 2.75) is 44.4 Å². The Morgan fingerprint density at radius 2 is 2.22 bits per heavy atom. The van der Waals surface area contributed by atoms with Crippen LogP contribution in [0, 0.1) is 11.8 Å². The van der Waals surface area contributed by atoms with E-state index in [0.29, 0.717) is 5.57 Å². The number of nitrogens with zero attached hydrogens (tertiary/aromatic N) is 3. The van der Waals surface area contributed by atoms with E-state index in [-0.39, 0.29) is 23.6 Å². The van der Waals surface area contributed by atoms with Gasteiger partial charge in [-0.2, -0.15) is 0 Å². The molecule has 2 aliphatic heterocycles. The van der Waals surface area contributed by atoms with Crippen molar-refractivity contribution in [2.75, 3.05) is 5.75 Å². The third kappa shape index (κ3) is 2.63. The van der Waals surface area contributed by atoms with Gasteiger partial charge in [-0.15, -0.1) is 23.1 Å². The van der Waals surface area contributed by atoms with Gasteiger partial charge in [0.25, 0.3) is 0 Å². The van der Waals surface area contributed by atoms with E-state index in [1.807, 2.05) is 17.5 Å². The number of β-lactam (4-membered cyclic amide) rings is 1. The summed E-state index contributed by atoms with van der Waals surface area (Å²) in [5.74, 6) is -1.14. The Bertz CT molecular complexity index is 961. The van der Waals surface area contributed by atoms with Crippen LogP contribution >= 0.6 is 23.1 Å². The predicted octanol–water partition coefficient (Wildman–Crippen LogP) is 2.55. The summed E-state index contributed by atoms with van der Waals surface area (Å²) in [6.07, 6.45) is 3.89. The van der Waals surface area contributed by atoms with Crippen LogP contribution < -0.4 is 0 Å². The number of aliphatic hydroxyl groups excluding tert-OH is 1. The first-order chi connectivity index (χ1) is 12.9. The molecular weight excluding hydrogens is 386 g/mol. The van der Waals surface area contributed by atoms with Crippen molar-refractivity contribution in [3.63, 3.8) is 0 Å². The zero-order chi connectivity index (χ0) is 19.5. The average Bonchev–Trinajstić information content (AvgIpc) is 3.23. The highest BCUT2D eigenvalue weighted by Gasteiger charge is 2.60. The third-order valence-corrected chi connectivity index (χ3v) is 7.72. The second-order valence-corrected chi connectivity index (χ2v) is 9.14. The van der Waals surface area contributed by atoms with E-state index >= 15 is 0 Å². The molecule has 0 spiro atoms. The zero-order valence-corrected chi connectivity index (χ0v) is 16.9. The average molecular weight is 408 g/mol. The summed E-state index contributed by atoms with van der Waals surface area (Å²) in [4.78, 5) is 32.1. The van der Waals surface area contributed by atoms with Gasteiger partial charge < -0.3 is 15.1 Å². The van der Waals surface area contributed by atoms with Gasteiger partial charge in [0.1, 0.15) is 21.9 Å². The lowest BCUT2D eigenvalue weighted by Gasteiger charge is -2.46. The fourth-order valence-corrected chi connectivity index (χ4v) is 6.26. The highest BCUT2D eigenvalue weighted by atomic mass is 32.2. The number of thiazole rings is 1. The van der Waals surface area contributed by atoms with E-state index in [4.69, 9.17) is 0 Å². The number of fused-ring (bicyclic) bond motifs is 2. The normalized spacial score (nSPS) is 25.9. The lowest BCUT2D eigenvalue weighted by molar-refractivity contribution is -0.163. The first-order valence-corrected chi connectivity index (χ1v) is 10.7. The molecule has 1 saturated heterocycles. The molecule has 2 aromatic rings. The van der Waals surface area contributed by atoms with E-state index < -0.39 is 18.0 Å². The second-order valence-electron chi connectivity index (χ2n) is 7.03. The Morgan fingerprint density at radius 1 is 1.48 bits per heavy atom. The lowest BCUT2D eigenvalue weighted by Crippen LogP contribution is -2.63. The fraction of sp³-hybridized carbons (Fsp3) is 0.500. The molecule has 4 rings (SSSR count). The largest absolute Gasteiger partial charge is 0.477 e. The molecule has 0 saturated carbocycles. The van der Waals surface area contributed by atoms with Gasteiger partial charge in [0.2, 0.25) is 5.91 Å². The summed E-state index contributed by atoms with van der Waals surface area (Å²) in [5.41, 5.74) is 0.721. The van der Waals surface area contributed by atoms with E-state index in [1.54, 1.807) is 25.0 Å². The highest BCUT2D eigenvalue weighted by Crippen LogP contribution is 2.51. The van der Waals surface area contributed by atoms with Crippen molar-refractivity contribution < 1.29 is 19.8 Å².